The van der Waals surface area contributed by atoms with Crippen LogP contribution >= 0.6 is 0 Å². The maximum atomic E-state index is 5.72. The van der Waals surface area contributed by atoms with E-state index in [-0.39, 0.29) is 0 Å². The second-order valence-corrected chi connectivity index (χ2v) is 6.69. The lowest BCUT2D eigenvalue weighted by molar-refractivity contribution is 0.208. The fraction of sp³-hybridized carbons (Fsp3) is 0.632. The Morgan fingerprint density at radius 2 is 1.87 bits per heavy atom. The highest BCUT2D eigenvalue weighted by atomic mass is 16.5. The fourth-order valence-electron chi connectivity index (χ4n) is 3.30. The monoisotopic (exact) mass is 317 g/mol. The first-order valence-corrected chi connectivity index (χ1v) is 8.82. The lowest BCUT2D eigenvalue weighted by atomic mass is 9.92. The molecule has 1 aromatic rings. The molecule has 1 N–H and O–H groups in total. The second-order valence-electron chi connectivity index (χ2n) is 6.69. The molecule has 0 spiro atoms. The van der Waals surface area contributed by atoms with Crippen LogP contribution in [-0.4, -0.2) is 44.1 Å². The summed E-state index contributed by atoms with van der Waals surface area (Å²) >= 11 is 0. The molecule has 0 aromatic heterocycles. The normalized spacial score (nSPS) is 22.0. The SMILES string of the molecule is CN=C(NCCCCOc1ccccc1)N1CC(C)CC(C)C1. The molecule has 0 amide bonds. The van der Waals surface area contributed by atoms with Gasteiger partial charge in [-0.2, -0.15) is 0 Å². The van der Waals surface area contributed by atoms with Crippen molar-refractivity contribution in [3.8, 4) is 5.75 Å². The third-order valence-corrected chi connectivity index (χ3v) is 4.25. The highest BCUT2D eigenvalue weighted by Gasteiger charge is 2.23. The first-order valence-electron chi connectivity index (χ1n) is 8.82. The second kappa shape index (κ2) is 9.43. The van der Waals surface area contributed by atoms with Crippen molar-refractivity contribution >= 4 is 5.96 Å². The van der Waals surface area contributed by atoms with Crippen LogP contribution in [0.2, 0.25) is 0 Å². The quantitative estimate of drug-likeness (QED) is 0.496. The number of guanidine groups is 1. The Bertz CT molecular complexity index is 465. The van der Waals surface area contributed by atoms with Gasteiger partial charge in [-0.1, -0.05) is 32.0 Å². The average Bonchev–Trinajstić information content (AvgIpc) is 2.54. The summed E-state index contributed by atoms with van der Waals surface area (Å²) in [4.78, 5) is 6.85. The van der Waals surface area contributed by atoms with Crippen molar-refractivity contribution in [1.82, 2.24) is 10.2 Å². The molecule has 1 saturated heterocycles. The van der Waals surface area contributed by atoms with Crippen LogP contribution in [0.25, 0.3) is 0 Å². The number of hydrogen-bond donors (Lipinski definition) is 1. The van der Waals surface area contributed by atoms with Crippen molar-refractivity contribution in [1.29, 1.82) is 0 Å². The maximum absolute atomic E-state index is 5.72. The van der Waals surface area contributed by atoms with E-state index < -0.39 is 0 Å². The number of aliphatic imine (C=N–C) groups is 1. The molecule has 2 atom stereocenters. The molecule has 0 aliphatic carbocycles. The molecule has 1 aromatic carbocycles. The van der Waals surface area contributed by atoms with E-state index in [1.165, 1.54) is 6.42 Å². The summed E-state index contributed by atoms with van der Waals surface area (Å²) in [5.41, 5.74) is 0. The van der Waals surface area contributed by atoms with Gasteiger partial charge in [-0.05, 0) is 43.2 Å². The Kier molecular flexibility index (Phi) is 7.24. The molecule has 0 radical (unpaired) electrons. The average molecular weight is 317 g/mol. The van der Waals surface area contributed by atoms with Gasteiger partial charge < -0.3 is 15.0 Å². The topological polar surface area (TPSA) is 36.9 Å². The number of benzene rings is 1. The number of likely N-dealkylation sites (tertiary alicyclic amines) is 1. The molecule has 2 unspecified atom stereocenters. The molecular weight excluding hydrogens is 286 g/mol. The Morgan fingerprint density at radius 1 is 1.17 bits per heavy atom. The van der Waals surface area contributed by atoms with E-state index in [1.807, 2.05) is 37.4 Å². The summed E-state index contributed by atoms with van der Waals surface area (Å²) in [6.45, 7) is 8.60. The number of nitrogens with zero attached hydrogens (tertiary/aromatic N) is 2. The van der Waals surface area contributed by atoms with Gasteiger partial charge in [0, 0.05) is 26.7 Å². The van der Waals surface area contributed by atoms with Gasteiger partial charge in [0.15, 0.2) is 5.96 Å². The summed E-state index contributed by atoms with van der Waals surface area (Å²) in [5.74, 6) is 3.49. The summed E-state index contributed by atoms with van der Waals surface area (Å²) < 4.78 is 5.72. The van der Waals surface area contributed by atoms with Crippen molar-refractivity contribution in [3.63, 3.8) is 0 Å². The molecule has 4 nitrogen and oxygen atoms in total. The summed E-state index contributed by atoms with van der Waals surface area (Å²) in [7, 11) is 1.88. The highest BCUT2D eigenvalue weighted by Crippen LogP contribution is 2.20. The lowest BCUT2D eigenvalue weighted by Crippen LogP contribution is -2.48. The van der Waals surface area contributed by atoms with Crippen LogP contribution in [0.4, 0.5) is 0 Å². The van der Waals surface area contributed by atoms with Gasteiger partial charge >= 0.3 is 0 Å². The molecule has 128 valence electrons. The van der Waals surface area contributed by atoms with E-state index in [1.54, 1.807) is 0 Å². The molecule has 23 heavy (non-hydrogen) atoms. The van der Waals surface area contributed by atoms with Crippen molar-refractivity contribution in [3.05, 3.63) is 30.3 Å². The van der Waals surface area contributed by atoms with Crippen LogP contribution in [0.1, 0.15) is 33.1 Å². The Balaban J connectivity index is 1.62. The molecule has 1 aliphatic heterocycles. The largest absolute Gasteiger partial charge is 0.494 e. The van der Waals surface area contributed by atoms with Crippen molar-refractivity contribution in [2.45, 2.75) is 33.1 Å². The van der Waals surface area contributed by atoms with Crippen LogP contribution in [0.3, 0.4) is 0 Å². The molecule has 0 saturated carbocycles. The summed E-state index contributed by atoms with van der Waals surface area (Å²) in [5, 5.41) is 3.50. The van der Waals surface area contributed by atoms with Crippen molar-refractivity contribution < 1.29 is 4.74 Å². The third-order valence-electron chi connectivity index (χ3n) is 4.25. The number of piperidine rings is 1. The van der Waals surface area contributed by atoms with E-state index >= 15 is 0 Å². The van der Waals surface area contributed by atoms with Gasteiger partial charge in [0.05, 0.1) is 6.61 Å². The first-order chi connectivity index (χ1) is 11.2. The zero-order valence-electron chi connectivity index (χ0n) is 14.8. The minimum atomic E-state index is 0.747. The molecule has 1 fully saturated rings. The van der Waals surface area contributed by atoms with Gasteiger partial charge in [-0.25, -0.2) is 0 Å². The van der Waals surface area contributed by atoms with Gasteiger partial charge in [-0.15, -0.1) is 0 Å². The Labute approximate surface area is 140 Å². The Morgan fingerprint density at radius 3 is 2.52 bits per heavy atom. The zero-order valence-corrected chi connectivity index (χ0v) is 14.8. The number of para-hydroxylation sites is 1. The van der Waals surface area contributed by atoms with Gasteiger partial charge in [0.25, 0.3) is 0 Å². The predicted octanol–water partition coefficient (Wildman–Crippen LogP) is 3.40. The van der Waals surface area contributed by atoms with Gasteiger partial charge in [0.1, 0.15) is 5.75 Å². The minimum absolute atomic E-state index is 0.747. The lowest BCUT2D eigenvalue weighted by Gasteiger charge is -2.37. The number of unbranched alkanes of at least 4 members (excludes halogenated alkanes) is 1. The highest BCUT2D eigenvalue weighted by molar-refractivity contribution is 5.79. The number of hydrogen-bond acceptors (Lipinski definition) is 2. The molecule has 0 bridgehead atoms. The van der Waals surface area contributed by atoms with Crippen molar-refractivity contribution in [2.75, 3.05) is 33.3 Å². The zero-order chi connectivity index (χ0) is 16.5. The van der Waals surface area contributed by atoms with E-state index in [9.17, 15) is 0 Å². The van der Waals surface area contributed by atoms with E-state index in [4.69, 9.17) is 4.74 Å². The fourth-order valence-corrected chi connectivity index (χ4v) is 3.30. The molecular formula is C19H31N3O. The van der Waals surface area contributed by atoms with E-state index in [0.29, 0.717) is 0 Å². The van der Waals surface area contributed by atoms with E-state index in [0.717, 1.165) is 62.6 Å². The maximum Gasteiger partial charge on any atom is 0.193 e. The molecule has 2 rings (SSSR count). The van der Waals surface area contributed by atoms with Crippen LogP contribution in [0.5, 0.6) is 5.75 Å². The van der Waals surface area contributed by atoms with Crippen LogP contribution in [-0.2, 0) is 0 Å². The predicted molar refractivity (Wildman–Crippen MR) is 97.1 cm³/mol. The van der Waals surface area contributed by atoms with Crippen LogP contribution in [0, 0.1) is 11.8 Å². The van der Waals surface area contributed by atoms with Gasteiger partial charge in [-0.3, -0.25) is 4.99 Å². The summed E-state index contributed by atoms with van der Waals surface area (Å²) in [6, 6.07) is 10.0. The standard InChI is InChI=1S/C19H31N3O/c1-16-13-17(2)15-22(14-16)19(20-3)21-11-7-8-12-23-18-9-5-4-6-10-18/h4-6,9-10,16-17H,7-8,11-15H2,1-3H3,(H,20,21). The van der Waals surface area contributed by atoms with Crippen LogP contribution in [0.15, 0.2) is 35.3 Å². The van der Waals surface area contributed by atoms with Crippen LogP contribution < -0.4 is 10.1 Å². The van der Waals surface area contributed by atoms with E-state index in [2.05, 4.69) is 29.1 Å². The van der Waals surface area contributed by atoms with Crippen molar-refractivity contribution in [2.24, 2.45) is 16.8 Å². The molecule has 1 heterocycles. The minimum Gasteiger partial charge on any atom is -0.494 e. The Hall–Kier alpha value is -1.71. The molecule has 4 heteroatoms. The smallest absolute Gasteiger partial charge is 0.193 e. The third kappa shape index (κ3) is 6.12. The summed E-state index contributed by atoms with van der Waals surface area (Å²) in [6.07, 6.45) is 3.46. The number of rotatable bonds is 6. The first kappa shape index (κ1) is 17.6. The van der Waals surface area contributed by atoms with Gasteiger partial charge in [0.2, 0.25) is 0 Å². The number of nitrogens with one attached hydrogen (secondary N) is 1. The molecule has 1 aliphatic rings. The number of ether oxygens (including phenoxy) is 1.